The van der Waals surface area contributed by atoms with Crippen molar-refractivity contribution in [2.45, 2.75) is 6.61 Å². The van der Waals surface area contributed by atoms with E-state index in [4.69, 9.17) is 14.2 Å². The van der Waals surface area contributed by atoms with Crippen LogP contribution >= 0.6 is 0 Å². The van der Waals surface area contributed by atoms with Crippen LogP contribution in [0.25, 0.3) is 0 Å². The molecule has 0 aliphatic carbocycles. The molecular formula is C13H15NO5. The van der Waals surface area contributed by atoms with E-state index in [0.717, 1.165) is 0 Å². The first-order chi connectivity index (χ1) is 9.24. The molecule has 0 fully saturated rings. The maximum Gasteiger partial charge on any atom is 0.258 e. The normalized spacial score (nSPS) is 12.1. The summed E-state index contributed by atoms with van der Waals surface area (Å²) < 4.78 is 15.8. The van der Waals surface area contributed by atoms with Gasteiger partial charge in [-0.15, -0.1) is 6.58 Å². The fraction of sp³-hybridized carbons (Fsp3) is 0.308. The Kier molecular flexibility index (Phi) is 4.25. The van der Waals surface area contributed by atoms with Gasteiger partial charge >= 0.3 is 0 Å². The van der Waals surface area contributed by atoms with E-state index in [2.05, 4.69) is 11.9 Å². The number of hydrogen-bond donors (Lipinski definition) is 2. The summed E-state index contributed by atoms with van der Waals surface area (Å²) in [5, 5.41) is 11.9. The molecule has 1 aliphatic heterocycles. The van der Waals surface area contributed by atoms with Gasteiger partial charge in [0.25, 0.3) is 5.91 Å². The summed E-state index contributed by atoms with van der Waals surface area (Å²) in [6.45, 7) is 3.68. The number of nitrogens with one attached hydrogen (secondary N) is 1. The van der Waals surface area contributed by atoms with Crippen LogP contribution in [0.4, 0.5) is 0 Å². The highest BCUT2D eigenvalue weighted by Gasteiger charge is 2.18. The van der Waals surface area contributed by atoms with Gasteiger partial charge in [-0.05, 0) is 6.07 Å². The molecule has 0 saturated carbocycles. The summed E-state index contributed by atoms with van der Waals surface area (Å²) >= 11 is 0. The van der Waals surface area contributed by atoms with E-state index in [1.165, 1.54) is 0 Å². The molecule has 1 heterocycles. The second-order valence-electron chi connectivity index (χ2n) is 3.85. The number of amides is 1. The Balaban J connectivity index is 2.03. The van der Waals surface area contributed by atoms with Gasteiger partial charge in [0.1, 0.15) is 5.75 Å². The van der Waals surface area contributed by atoms with Crippen molar-refractivity contribution in [3.63, 3.8) is 0 Å². The maximum absolute atomic E-state index is 11.4. The van der Waals surface area contributed by atoms with Gasteiger partial charge in [-0.2, -0.15) is 0 Å². The van der Waals surface area contributed by atoms with Crippen LogP contribution in [0.5, 0.6) is 17.2 Å². The highest BCUT2D eigenvalue weighted by Crippen LogP contribution is 2.38. The van der Waals surface area contributed by atoms with Crippen LogP contribution < -0.4 is 19.5 Å². The van der Waals surface area contributed by atoms with Crippen molar-refractivity contribution in [1.82, 2.24) is 5.32 Å². The van der Waals surface area contributed by atoms with Crippen molar-refractivity contribution in [2.24, 2.45) is 0 Å². The van der Waals surface area contributed by atoms with Gasteiger partial charge in [-0.3, -0.25) is 4.79 Å². The molecule has 6 heteroatoms. The molecular weight excluding hydrogens is 250 g/mol. The van der Waals surface area contributed by atoms with Gasteiger partial charge in [0.15, 0.2) is 18.1 Å². The van der Waals surface area contributed by atoms with E-state index in [-0.39, 0.29) is 25.9 Å². The Morgan fingerprint density at radius 3 is 2.89 bits per heavy atom. The van der Waals surface area contributed by atoms with E-state index in [1.54, 1.807) is 18.2 Å². The number of hydrogen-bond acceptors (Lipinski definition) is 5. The zero-order valence-corrected chi connectivity index (χ0v) is 10.3. The largest absolute Gasteiger partial charge is 0.483 e. The molecule has 19 heavy (non-hydrogen) atoms. The first kappa shape index (κ1) is 13.2. The molecule has 0 atom stereocenters. The topological polar surface area (TPSA) is 77.0 Å². The van der Waals surface area contributed by atoms with E-state index in [1.807, 2.05) is 0 Å². The zero-order chi connectivity index (χ0) is 13.7. The third kappa shape index (κ3) is 3.17. The SMILES string of the molecule is C=CCNC(=O)COc1cc2c(cc1CO)OCO2. The molecule has 0 radical (unpaired) electrons. The first-order valence-corrected chi connectivity index (χ1v) is 5.78. The smallest absolute Gasteiger partial charge is 0.258 e. The number of rotatable bonds is 6. The average molecular weight is 265 g/mol. The first-order valence-electron chi connectivity index (χ1n) is 5.78. The Morgan fingerprint density at radius 1 is 1.47 bits per heavy atom. The Labute approximate surface area is 110 Å². The molecule has 6 nitrogen and oxygen atoms in total. The fourth-order valence-electron chi connectivity index (χ4n) is 1.60. The third-order valence-electron chi connectivity index (χ3n) is 2.53. The quantitative estimate of drug-likeness (QED) is 0.736. The van der Waals surface area contributed by atoms with Crippen molar-refractivity contribution in [3.8, 4) is 17.2 Å². The van der Waals surface area contributed by atoms with Gasteiger partial charge in [0.2, 0.25) is 6.79 Å². The van der Waals surface area contributed by atoms with Crippen molar-refractivity contribution >= 4 is 5.91 Å². The maximum atomic E-state index is 11.4. The Bertz CT molecular complexity index is 486. The van der Waals surface area contributed by atoms with Gasteiger partial charge in [0.05, 0.1) is 6.61 Å². The Hall–Kier alpha value is -2.21. The minimum Gasteiger partial charge on any atom is -0.483 e. The van der Waals surface area contributed by atoms with Crippen molar-refractivity contribution in [3.05, 3.63) is 30.4 Å². The highest BCUT2D eigenvalue weighted by molar-refractivity contribution is 5.77. The molecule has 2 N–H and O–H groups in total. The standard InChI is InChI=1S/C13H15NO5/c1-2-3-14-13(16)7-17-10-5-12-11(18-8-19-12)4-9(10)6-15/h2,4-5,15H,1,3,6-8H2,(H,14,16). The number of carbonyl (C=O) groups is 1. The number of aliphatic hydroxyl groups is 1. The van der Waals surface area contributed by atoms with Gasteiger partial charge in [0, 0.05) is 18.2 Å². The van der Waals surface area contributed by atoms with Crippen LogP contribution in [0.1, 0.15) is 5.56 Å². The molecule has 0 bridgehead atoms. The van der Waals surface area contributed by atoms with Gasteiger partial charge < -0.3 is 24.6 Å². The summed E-state index contributed by atoms with van der Waals surface area (Å²) in [7, 11) is 0. The van der Waals surface area contributed by atoms with Crippen LogP contribution in [-0.2, 0) is 11.4 Å². The van der Waals surface area contributed by atoms with E-state index in [9.17, 15) is 9.90 Å². The van der Waals surface area contributed by atoms with E-state index in [0.29, 0.717) is 29.4 Å². The molecule has 1 aromatic carbocycles. The predicted octanol–water partition coefficient (Wildman–Crippen LogP) is 0.589. The van der Waals surface area contributed by atoms with Crippen LogP contribution in [0.2, 0.25) is 0 Å². The van der Waals surface area contributed by atoms with Gasteiger partial charge in [-0.1, -0.05) is 6.08 Å². The molecule has 0 saturated heterocycles. The van der Waals surface area contributed by atoms with Crippen LogP contribution in [-0.4, -0.2) is 31.0 Å². The van der Waals surface area contributed by atoms with E-state index < -0.39 is 0 Å². The zero-order valence-electron chi connectivity index (χ0n) is 10.3. The number of benzene rings is 1. The lowest BCUT2D eigenvalue weighted by Gasteiger charge is -2.11. The summed E-state index contributed by atoms with van der Waals surface area (Å²) in [4.78, 5) is 11.4. The Morgan fingerprint density at radius 2 is 2.21 bits per heavy atom. The lowest BCUT2D eigenvalue weighted by atomic mass is 10.2. The minimum absolute atomic E-state index is 0.138. The lowest BCUT2D eigenvalue weighted by Crippen LogP contribution is -2.28. The monoisotopic (exact) mass is 265 g/mol. The number of fused-ring (bicyclic) bond motifs is 1. The van der Waals surface area contributed by atoms with Crippen LogP contribution in [0.3, 0.4) is 0 Å². The molecule has 0 unspecified atom stereocenters. The summed E-state index contributed by atoms with van der Waals surface area (Å²) in [5.41, 5.74) is 0.542. The second kappa shape index (κ2) is 6.10. The number of ether oxygens (including phenoxy) is 3. The second-order valence-corrected chi connectivity index (χ2v) is 3.85. The van der Waals surface area contributed by atoms with Crippen molar-refractivity contribution in [2.75, 3.05) is 19.9 Å². The summed E-state index contributed by atoms with van der Waals surface area (Å²) in [5.74, 6) is 1.24. The molecule has 1 aliphatic rings. The van der Waals surface area contributed by atoms with Gasteiger partial charge in [-0.25, -0.2) is 0 Å². The van der Waals surface area contributed by atoms with Crippen molar-refractivity contribution in [1.29, 1.82) is 0 Å². The number of aliphatic hydroxyl groups excluding tert-OH is 1. The molecule has 0 aromatic heterocycles. The lowest BCUT2D eigenvalue weighted by molar-refractivity contribution is -0.122. The average Bonchev–Trinajstić information content (AvgIpc) is 2.88. The minimum atomic E-state index is -0.263. The van der Waals surface area contributed by atoms with Crippen LogP contribution in [0, 0.1) is 0 Å². The summed E-state index contributed by atoms with van der Waals surface area (Å²) in [6.07, 6.45) is 1.58. The van der Waals surface area contributed by atoms with E-state index >= 15 is 0 Å². The molecule has 2 rings (SSSR count). The molecule has 1 aromatic rings. The third-order valence-corrected chi connectivity index (χ3v) is 2.53. The molecule has 1 amide bonds. The fourth-order valence-corrected chi connectivity index (χ4v) is 1.60. The van der Waals surface area contributed by atoms with Crippen molar-refractivity contribution < 1.29 is 24.1 Å². The predicted molar refractivity (Wildman–Crippen MR) is 67.2 cm³/mol. The van der Waals surface area contributed by atoms with Crippen LogP contribution in [0.15, 0.2) is 24.8 Å². The summed E-state index contributed by atoms with van der Waals surface area (Å²) in [6, 6.07) is 3.24. The highest BCUT2D eigenvalue weighted by atomic mass is 16.7. The molecule has 102 valence electrons. The number of carbonyl (C=O) groups excluding carboxylic acids is 1. The molecule has 0 spiro atoms.